The summed E-state index contributed by atoms with van der Waals surface area (Å²) in [4.78, 5) is 23.7. The lowest BCUT2D eigenvalue weighted by molar-refractivity contribution is -0.151. The molecule has 2 heterocycles. The predicted octanol–water partition coefficient (Wildman–Crippen LogP) is 0.226. The highest BCUT2D eigenvalue weighted by Crippen LogP contribution is 2.39. The third-order valence-corrected chi connectivity index (χ3v) is 2.94. The van der Waals surface area contributed by atoms with Crippen molar-refractivity contribution in [3.63, 3.8) is 0 Å². The fraction of sp³-hybridized carbons (Fsp3) is 0.750. The van der Waals surface area contributed by atoms with E-state index in [2.05, 4.69) is 0 Å². The van der Waals surface area contributed by atoms with E-state index < -0.39 is 11.5 Å². The quantitative estimate of drug-likeness (QED) is 0.611. The Morgan fingerprint density at radius 1 is 1.50 bits per heavy atom. The van der Waals surface area contributed by atoms with Gasteiger partial charge in [0.05, 0.1) is 0 Å². The third kappa shape index (κ3) is 0.722. The maximum absolute atomic E-state index is 11.2. The standard InChI is InChI=1S/C8H11NO3/c10-6-2-4-8(7(11)12)3-1-5-9(6)8/h1-5H2,(H,11,12). The maximum Gasteiger partial charge on any atom is 0.329 e. The van der Waals surface area contributed by atoms with Gasteiger partial charge in [0.1, 0.15) is 5.54 Å². The van der Waals surface area contributed by atoms with E-state index in [0.717, 1.165) is 6.42 Å². The Kier molecular flexibility index (Phi) is 1.40. The SMILES string of the molecule is O=C1CCC2(C(=O)O)CCCN12. The van der Waals surface area contributed by atoms with Gasteiger partial charge in [-0.2, -0.15) is 0 Å². The van der Waals surface area contributed by atoms with Crippen LogP contribution in [0.3, 0.4) is 0 Å². The van der Waals surface area contributed by atoms with Crippen molar-refractivity contribution in [3.05, 3.63) is 0 Å². The number of carboxylic acids is 1. The Balaban J connectivity index is 2.35. The van der Waals surface area contributed by atoms with Crippen LogP contribution in [0.4, 0.5) is 0 Å². The number of carbonyl (C=O) groups is 2. The molecular weight excluding hydrogens is 158 g/mol. The van der Waals surface area contributed by atoms with Crippen LogP contribution in [0.1, 0.15) is 25.7 Å². The first-order chi connectivity index (χ1) is 5.67. The summed E-state index contributed by atoms with van der Waals surface area (Å²) >= 11 is 0. The van der Waals surface area contributed by atoms with Gasteiger partial charge in [0.25, 0.3) is 0 Å². The number of nitrogens with zero attached hydrogens (tertiary/aromatic N) is 1. The topological polar surface area (TPSA) is 57.6 Å². The summed E-state index contributed by atoms with van der Waals surface area (Å²) in [5.74, 6) is -0.819. The molecule has 2 rings (SSSR count). The van der Waals surface area contributed by atoms with Gasteiger partial charge in [-0.15, -0.1) is 0 Å². The summed E-state index contributed by atoms with van der Waals surface area (Å²) in [6.45, 7) is 0.630. The van der Waals surface area contributed by atoms with Crippen LogP contribution < -0.4 is 0 Å². The van der Waals surface area contributed by atoms with Gasteiger partial charge in [0, 0.05) is 13.0 Å². The molecule has 0 radical (unpaired) electrons. The second-order valence-electron chi connectivity index (χ2n) is 3.49. The van der Waals surface area contributed by atoms with Gasteiger partial charge in [0.2, 0.25) is 5.91 Å². The van der Waals surface area contributed by atoms with Crippen molar-refractivity contribution < 1.29 is 14.7 Å². The van der Waals surface area contributed by atoms with Crippen LogP contribution in [0.25, 0.3) is 0 Å². The maximum atomic E-state index is 11.2. The fourth-order valence-electron chi connectivity index (χ4n) is 2.28. The molecule has 0 aromatic rings. The zero-order valence-corrected chi connectivity index (χ0v) is 6.75. The predicted molar refractivity (Wildman–Crippen MR) is 40.5 cm³/mol. The Morgan fingerprint density at radius 2 is 2.25 bits per heavy atom. The van der Waals surface area contributed by atoms with E-state index in [1.165, 1.54) is 4.90 Å². The molecule has 0 aromatic carbocycles. The lowest BCUT2D eigenvalue weighted by Crippen LogP contribution is -2.47. The molecule has 1 atom stereocenters. The van der Waals surface area contributed by atoms with Crippen molar-refractivity contribution in [3.8, 4) is 0 Å². The van der Waals surface area contributed by atoms with Crippen LogP contribution in [0.5, 0.6) is 0 Å². The molecule has 66 valence electrons. The largest absolute Gasteiger partial charge is 0.479 e. The Labute approximate surface area is 70.2 Å². The van der Waals surface area contributed by atoms with E-state index >= 15 is 0 Å². The van der Waals surface area contributed by atoms with Crippen LogP contribution in [0, 0.1) is 0 Å². The second-order valence-corrected chi connectivity index (χ2v) is 3.49. The van der Waals surface area contributed by atoms with E-state index in [1.54, 1.807) is 0 Å². The number of hydrogen-bond donors (Lipinski definition) is 1. The average Bonchev–Trinajstić information content (AvgIpc) is 2.53. The molecule has 0 aromatic heterocycles. The molecule has 2 saturated heterocycles. The normalized spacial score (nSPS) is 34.0. The first-order valence-electron chi connectivity index (χ1n) is 4.21. The molecule has 1 N–H and O–H groups in total. The van der Waals surface area contributed by atoms with Crippen LogP contribution >= 0.6 is 0 Å². The van der Waals surface area contributed by atoms with Crippen molar-refractivity contribution in [2.75, 3.05) is 6.54 Å². The molecule has 0 bridgehead atoms. The van der Waals surface area contributed by atoms with Gasteiger partial charge >= 0.3 is 5.97 Å². The van der Waals surface area contributed by atoms with Gasteiger partial charge in [0.15, 0.2) is 0 Å². The number of rotatable bonds is 1. The molecule has 0 saturated carbocycles. The van der Waals surface area contributed by atoms with Crippen LogP contribution in [-0.4, -0.2) is 34.0 Å². The number of fused-ring (bicyclic) bond motifs is 1. The minimum atomic E-state index is -0.828. The lowest BCUT2D eigenvalue weighted by Gasteiger charge is -2.26. The van der Waals surface area contributed by atoms with Crippen molar-refractivity contribution in [2.24, 2.45) is 0 Å². The average molecular weight is 169 g/mol. The number of carbonyl (C=O) groups excluding carboxylic acids is 1. The van der Waals surface area contributed by atoms with Crippen LogP contribution in [0.2, 0.25) is 0 Å². The fourth-order valence-corrected chi connectivity index (χ4v) is 2.28. The summed E-state index contributed by atoms with van der Waals surface area (Å²) in [6.07, 6.45) is 2.37. The second kappa shape index (κ2) is 2.21. The van der Waals surface area contributed by atoms with E-state index in [-0.39, 0.29) is 5.91 Å². The minimum absolute atomic E-state index is 0.00917. The molecule has 2 fully saturated rings. The third-order valence-electron chi connectivity index (χ3n) is 2.94. The summed E-state index contributed by atoms with van der Waals surface area (Å²) in [5, 5.41) is 9.00. The van der Waals surface area contributed by atoms with Gasteiger partial charge in [-0.3, -0.25) is 4.79 Å². The van der Waals surface area contributed by atoms with E-state index in [1.807, 2.05) is 0 Å². The first kappa shape index (κ1) is 7.58. The van der Waals surface area contributed by atoms with E-state index in [4.69, 9.17) is 5.11 Å². The van der Waals surface area contributed by atoms with Crippen molar-refractivity contribution in [1.82, 2.24) is 4.90 Å². The molecule has 1 unspecified atom stereocenters. The lowest BCUT2D eigenvalue weighted by atomic mass is 9.95. The zero-order valence-electron chi connectivity index (χ0n) is 6.75. The number of carboxylic acid groups (broad SMARTS) is 1. The van der Waals surface area contributed by atoms with E-state index in [9.17, 15) is 9.59 Å². The number of aliphatic carboxylic acids is 1. The number of amides is 1. The monoisotopic (exact) mass is 169 g/mol. The molecule has 0 aliphatic carbocycles. The highest BCUT2D eigenvalue weighted by molar-refractivity contribution is 5.91. The van der Waals surface area contributed by atoms with Gasteiger partial charge < -0.3 is 10.0 Å². The molecule has 0 spiro atoms. The Bertz CT molecular complexity index is 251. The van der Waals surface area contributed by atoms with Gasteiger partial charge in [-0.05, 0) is 19.3 Å². The Hall–Kier alpha value is -1.06. The minimum Gasteiger partial charge on any atom is -0.479 e. The highest BCUT2D eigenvalue weighted by Gasteiger charge is 2.53. The van der Waals surface area contributed by atoms with Crippen molar-refractivity contribution in [2.45, 2.75) is 31.2 Å². The molecule has 2 aliphatic rings. The summed E-state index contributed by atoms with van der Waals surface area (Å²) < 4.78 is 0. The van der Waals surface area contributed by atoms with Crippen molar-refractivity contribution >= 4 is 11.9 Å². The first-order valence-corrected chi connectivity index (χ1v) is 4.21. The van der Waals surface area contributed by atoms with Crippen LogP contribution in [0.15, 0.2) is 0 Å². The molecule has 4 nitrogen and oxygen atoms in total. The van der Waals surface area contributed by atoms with Gasteiger partial charge in [-0.1, -0.05) is 0 Å². The smallest absolute Gasteiger partial charge is 0.329 e. The van der Waals surface area contributed by atoms with E-state index in [0.29, 0.717) is 25.8 Å². The van der Waals surface area contributed by atoms with Crippen molar-refractivity contribution in [1.29, 1.82) is 0 Å². The summed E-state index contributed by atoms with van der Waals surface area (Å²) in [5.41, 5.74) is -0.822. The summed E-state index contributed by atoms with van der Waals surface area (Å²) in [6, 6.07) is 0. The molecule has 2 aliphatic heterocycles. The molecule has 1 amide bonds. The highest BCUT2D eigenvalue weighted by atomic mass is 16.4. The van der Waals surface area contributed by atoms with Gasteiger partial charge in [-0.25, -0.2) is 4.79 Å². The molecule has 4 heteroatoms. The number of hydrogen-bond acceptors (Lipinski definition) is 2. The molecular formula is C8H11NO3. The zero-order chi connectivity index (χ0) is 8.77. The van der Waals surface area contributed by atoms with Crippen LogP contribution in [-0.2, 0) is 9.59 Å². The Morgan fingerprint density at radius 3 is 2.83 bits per heavy atom. The summed E-state index contributed by atoms with van der Waals surface area (Å²) in [7, 11) is 0. The molecule has 12 heavy (non-hydrogen) atoms.